The number of hydrogen-bond donors (Lipinski definition) is 6. The van der Waals surface area contributed by atoms with Crippen LogP contribution in [0.4, 0.5) is 11.4 Å². The van der Waals surface area contributed by atoms with Gasteiger partial charge < -0.3 is 31.6 Å². The standard InChI is InChI=1S/C16H25N5O2/c17-9-14-15(23)16(20-19-14)18-12-1-3-13(4-2-12)21-7-5-11(10-22)6-8-21/h1-4,11,16,18-20,22-23H,5-10,17H2. The highest BCUT2D eigenvalue weighted by Gasteiger charge is 2.23. The maximum atomic E-state index is 10.0. The van der Waals surface area contributed by atoms with Crippen LogP contribution >= 0.6 is 0 Å². The number of nitrogens with zero attached hydrogens (tertiary/aromatic N) is 1. The first kappa shape index (κ1) is 15.9. The van der Waals surface area contributed by atoms with Crippen molar-refractivity contribution in [1.29, 1.82) is 0 Å². The van der Waals surface area contributed by atoms with E-state index in [0.717, 1.165) is 31.6 Å². The minimum absolute atomic E-state index is 0.197. The lowest BCUT2D eigenvalue weighted by atomic mass is 9.97. The van der Waals surface area contributed by atoms with Gasteiger partial charge in [-0.25, -0.2) is 5.43 Å². The molecular weight excluding hydrogens is 294 g/mol. The van der Waals surface area contributed by atoms with Crippen LogP contribution in [0.1, 0.15) is 12.8 Å². The molecule has 23 heavy (non-hydrogen) atoms. The zero-order valence-electron chi connectivity index (χ0n) is 13.1. The van der Waals surface area contributed by atoms with Crippen molar-refractivity contribution in [2.75, 3.05) is 36.5 Å². The van der Waals surface area contributed by atoms with Crippen LogP contribution < -0.4 is 26.8 Å². The minimum Gasteiger partial charge on any atom is -0.507 e. The summed E-state index contributed by atoms with van der Waals surface area (Å²) in [6.07, 6.45) is 1.70. The van der Waals surface area contributed by atoms with Gasteiger partial charge >= 0.3 is 0 Å². The third-order valence-corrected chi connectivity index (χ3v) is 4.57. The molecule has 2 aliphatic heterocycles. The van der Waals surface area contributed by atoms with Crippen LogP contribution in [0.25, 0.3) is 0 Å². The number of rotatable bonds is 5. The second kappa shape index (κ2) is 7.08. The summed E-state index contributed by atoms with van der Waals surface area (Å²) < 4.78 is 0. The number of anilines is 2. The SMILES string of the molecule is NCC1=C(O)C(Nc2ccc(N3CCC(CO)CC3)cc2)NN1. The van der Waals surface area contributed by atoms with E-state index < -0.39 is 0 Å². The monoisotopic (exact) mass is 319 g/mol. The molecule has 0 spiro atoms. The Kier molecular flexibility index (Phi) is 4.90. The molecule has 0 saturated carbocycles. The molecule has 0 bridgehead atoms. The van der Waals surface area contributed by atoms with E-state index in [4.69, 9.17) is 5.73 Å². The Morgan fingerprint density at radius 1 is 1.22 bits per heavy atom. The van der Waals surface area contributed by atoms with Crippen molar-refractivity contribution in [3.05, 3.63) is 35.7 Å². The molecular formula is C16H25N5O2. The first-order valence-electron chi connectivity index (χ1n) is 8.07. The Labute approximate surface area is 136 Å². The molecule has 1 unspecified atom stereocenters. The average Bonchev–Trinajstić information content (AvgIpc) is 2.96. The lowest BCUT2D eigenvalue weighted by Crippen LogP contribution is -2.39. The molecule has 1 saturated heterocycles. The quantitative estimate of drug-likeness (QED) is 0.468. The molecule has 7 heteroatoms. The van der Waals surface area contributed by atoms with E-state index in [1.807, 2.05) is 12.1 Å². The lowest BCUT2D eigenvalue weighted by molar-refractivity contribution is 0.203. The minimum atomic E-state index is -0.375. The van der Waals surface area contributed by atoms with Gasteiger partial charge in [0.05, 0.1) is 5.70 Å². The van der Waals surface area contributed by atoms with Gasteiger partial charge in [-0.1, -0.05) is 0 Å². The van der Waals surface area contributed by atoms with E-state index in [1.54, 1.807) is 0 Å². The number of aliphatic hydroxyl groups is 2. The molecule has 7 N–H and O–H groups in total. The van der Waals surface area contributed by atoms with Crippen LogP contribution in [0.3, 0.4) is 0 Å². The number of nitrogens with two attached hydrogens (primary N) is 1. The number of nitrogens with one attached hydrogen (secondary N) is 3. The smallest absolute Gasteiger partial charge is 0.154 e. The fourth-order valence-corrected chi connectivity index (χ4v) is 3.03. The molecule has 7 nitrogen and oxygen atoms in total. The van der Waals surface area contributed by atoms with Crippen LogP contribution in [0.5, 0.6) is 0 Å². The first-order chi connectivity index (χ1) is 11.2. The van der Waals surface area contributed by atoms with Crippen molar-refractivity contribution < 1.29 is 10.2 Å². The van der Waals surface area contributed by atoms with E-state index in [9.17, 15) is 10.2 Å². The molecule has 0 aliphatic carbocycles. The summed E-state index contributed by atoms with van der Waals surface area (Å²) in [6.45, 7) is 2.52. The van der Waals surface area contributed by atoms with Crippen LogP contribution in [-0.4, -0.2) is 42.6 Å². The highest BCUT2D eigenvalue weighted by molar-refractivity contribution is 5.56. The van der Waals surface area contributed by atoms with Crippen molar-refractivity contribution >= 4 is 11.4 Å². The van der Waals surface area contributed by atoms with E-state index in [1.165, 1.54) is 5.69 Å². The van der Waals surface area contributed by atoms with Crippen LogP contribution in [0.2, 0.25) is 0 Å². The summed E-state index contributed by atoms with van der Waals surface area (Å²) in [5, 5.41) is 22.4. The highest BCUT2D eigenvalue weighted by Crippen LogP contribution is 2.25. The largest absolute Gasteiger partial charge is 0.507 e. The maximum absolute atomic E-state index is 10.0. The zero-order valence-corrected chi connectivity index (χ0v) is 13.1. The zero-order chi connectivity index (χ0) is 16.2. The molecule has 126 valence electrons. The van der Waals surface area contributed by atoms with Crippen LogP contribution in [0, 0.1) is 5.92 Å². The van der Waals surface area contributed by atoms with Gasteiger partial charge in [0.2, 0.25) is 0 Å². The Bertz CT molecular complexity index is 552. The molecule has 2 aliphatic rings. The van der Waals surface area contributed by atoms with Gasteiger partial charge in [-0.2, -0.15) is 0 Å². The lowest BCUT2D eigenvalue weighted by Gasteiger charge is -2.33. The summed E-state index contributed by atoms with van der Waals surface area (Å²) in [7, 11) is 0. The fourth-order valence-electron chi connectivity index (χ4n) is 3.03. The van der Waals surface area contributed by atoms with Crippen molar-refractivity contribution in [3.63, 3.8) is 0 Å². The molecule has 0 radical (unpaired) electrons. The van der Waals surface area contributed by atoms with Gasteiger partial charge in [-0.15, -0.1) is 0 Å². The van der Waals surface area contributed by atoms with Gasteiger partial charge in [-0.05, 0) is 43.0 Å². The first-order valence-corrected chi connectivity index (χ1v) is 8.07. The Hall–Kier alpha value is -1.96. The number of aliphatic hydroxyl groups excluding tert-OH is 2. The predicted molar refractivity (Wildman–Crippen MR) is 90.9 cm³/mol. The summed E-state index contributed by atoms with van der Waals surface area (Å²) in [5.74, 6) is 0.641. The van der Waals surface area contributed by atoms with E-state index in [0.29, 0.717) is 18.2 Å². The van der Waals surface area contributed by atoms with Gasteiger partial charge in [0.15, 0.2) is 11.9 Å². The predicted octanol–water partition coefficient (Wildman–Crippen LogP) is 0.469. The molecule has 1 aromatic rings. The second-order valence-electron chi connectivity index (χ2n) is 6.07. The normalized spacial score (nSPS) is 22.3. The Balaban J connectivity index is 1.59. The average molecular weight is 319 g/mol. The van der Waals surface area contributed by atoms with Gasteiger partial charge in [0.1, 0.15) is 0 Å². The molecule has 2 heterocycles. The number of hydrazine groups is 1. The molecule has 1 fully saturated rings. The number of hydrogen-bond acceptors (Lipinski definition) is 7. The van der Waals surface area contributed by atoms with E-state index in [-0.39, 0.29) is 18.5 Å². The fraction of sp³-hybridized carbons (Fsp3) is 0.500. The summed E-state index contributed by atoms with van der Waals surface area (Å²) in [4.78, 5) is 2.34. The van der Waals surface area contributed by atoms with Gasteiger partial charge in [-0.3, -0.25) is 0 Å². The summed E-state index contributed by atoms with van der Waals surface area (Å²) in [6, 6.07) is 8.16. The molecule has 1 atom stereocenters. The molecule has 0 aromatic heterocycles. The van der Waals surface area contributed by atoms with Crippen LogP contribution in [-0.2, 0) is 0 Å². The van der Waals surface area contributed by atoms with Crippen LogP contribution in [0.15, 0.2) is 35.7 Å². The topological polar surface area (TPSA) is 106 Å². The van der Waals surface area contributed by atoms with E-state index in [2.05, 4.69) is 33.2 Å². The number of piperidine rings is 1. The van der Waals surface area contributed by atoms with Crippen molar-refractivity contribution in [3.8, 4) is 0 Å². The Morgan fingerprint density at radius 2 is 1.91 bits per heavy atom. The molecule has 0 amide bonds. The summed E-state index contributed by atoms with van der Waals surface area (Å²) >= 11 is 0. The third kappa shape index (κ3) is 3.52. The maximum Gasteiger partial charge on any atom is 0.154 e. The van der Waals surface area contributed by atoms with Gasteiger partial charge in [0, 0.05) is 37.6 Å². The van der Waals surface area contributed by atoms with Crippen molar-refractivity contribution in [2.24, 2.45) is 11.7 Å². The number of benzene rings is 1. The van der Waals surface area contributed by atoms with Crippen molar-refractivity contribution in [2.45, 2.75) is 19.0 Å². The second-order valence-corrected chi connectivity index (χ2v) is 6.07. The Morgan fingerprint density at radius 3 is 2.48 bits per heavy atom. The molecule has 3 rings (SSSR count). The van der Waals surface area contributed by atoms with Gasteiger partial charge in [0.25, 0.3) is 0 Å². The third-order valence-electron chi connectivity index (χ3n) is 4.57. The highest BCUT2D eigenvalue weighted by atomic mass is 16.3. The molecule has 1 aromatic carbocycles. The van der Waals surface area contributed by atoms with E-state index >= 15 is 0 Å². The summed E-state index contributed by atoms with van der Waals surface area (Å²) in [5.41, 5.74) is 14.1. The van der Waals surface area contributed by atoms with Crippen molar-refractivity contribution in [1.82, 2.24) is 10.9 Å².